The Morgan fingerprint density at radius 2 is 1.57 bits per heavy atom. The van der Waals surface area contributed by atoms with Crippen molar-refractivity contribution in [3.8, 4) is 11.6 Å². The van der Waals surface area contributed by atoms with E-state index in [1.165, 1.54) is 0 Å². The number of hydrogen-bond acceptors (Lipinski definition) is 3. The first kappa shape index (κ1) is 6.98. The number of hydrogen-bond donors (Lipinski definition) is 0. The van der Waals surface area contributed by atoms with Gasteiger partial charge < -0.3 is 0 Å². The standard InChI is InChI=1S/C2O3P2/c3-6-1-5-2-7-4. The van der Waals surface area contributed by atoms with Crippen molar-refractivity contribution in [3.05, 3.63) is 0 Å². The molecule has 0 aliphatic carbocycles. The predicted octanol–water partition coefficient (Wildman–Crippen LogP) is 1.42. The van der Waals surface area contributed by atoms with Crippen LogP contribution in [-0.2, 0) is 13.9 Å². The van der Waals surface area contributed by atoms with Gasteiger partial charge in [-0.25, -0.2) is 0 Å². The molecule has 0 spiro atoms. The molecule has 0 bridgehead atoms. The molecule has 0 aromatic heterocycles. The Kier molecular flexibility index (Phi) is 5.96. The molecule has 0 aliphatic rings. The third-order valence-electron chi connectivity index (χ3n) is 0.166. The van der Waals surface area contributed by atoms with Gasteiger partial charge >= 0.3 is 41.3 Å². The topological polar surface area (TPSA) is 43.4 Å². The Balaban J connectivity index is 3.62. The Labute approximate surface area is 42.3 Å². The number of rotatable bonds is 0. The molecule has 0 unspecified atom stereocenters. The van der Waals surface area contributed by atoms with Crippen molar-refractivity contribution < 1.29 is 13.9 Å². The molecule has 0 aromatic carbocycles. The van der Waals surface area contributed by atoms with Crippen LogP contribution < -0.4 is 0 Å². The van der Waals surface area contributed by atoms with Crippen LogP contribution in [-0.4, -0.2) is 0 Å². The third-order valence-corrected chi connectivity index (χ3v) is 0.497. The van der Waals surface area contributed by atoms with E-state index in [2.05, 4.69) is 4.74 Å². The van der Waals surface area contributed by atoms with E-state index < -0.39 is 0 Å². The molecule has 0 N–H and O–H groups in total. The van der Waals surface area contributed by atoms with Gasteiger partial charge in [-0.1, -0.05) is 0 Å². The molecular formula is C2O3P2. The Morgan fingerprint density at radius 1 is 1.14 bits per heavy atom. The predicted molar refractivity (Wildman–Crippen MR) is 24.1 cm³/mol. The van der Waals surface area contributed by atoms with Crippen LogP contribution in [0.2, 0.25) is 0 Å². The van der Waals surface area contributed by atoms with E-state index in [1.54, 1.807) is 0 Å². The summed E-state index contributed by atoms with van der Waals surface area (Å²) in [5.41, 5.74) is 0. The van der Waals surface area contributed by atoms with Crippen molar-refractivity contribution in [2.24, 2.45) is 0 Å². The molecule has 3 nitrogen and oxygen atoms in total. The van der Waals surface area contributed by atoms with Crippen LogP contribution in [0.4, 0.5) is 0 Å². The second-order valence-electron chi connectivity index (χ2n) is 0.467. The molecule has 0 atom stereocenters. The zero-order valence-electron chi connectivity index (χ0n) is 3.12. The first-order chi connectivity index (χ1) is 3.41. The minimum atomic E-state index is -0.373. The summed E-state index contributed by atoms with van der Waals surface area (Å²) < 4.78 is 22.8. The van der Waals surface area contributed by atoms with Crippen LogP contribution in [0.15, 0.2) is 0 Å². The molecule has 0 aliphatic heterocycles. The van der Waals surface area contributed by atoms with E-state index in [0.717, 1.165) is 0 Å². The van der Waals surface area contributed by atoms with Crippen LogP contribution in [0.1, 0.15) is 0 Å². The van der Waals surface area contributed by atoms with E-state index in [4.69, 9.17) is 0 Å². The molecule has 0 saturated carbocycles. The van der Waals surface area contributed by atoms with Gasteiger partial charge in [-0.2, -0.15) is 0 Å². The van der Waals surface area contributed by atoms with Gasteiger partial charge in [0, 0.05) is 0 Å². The zero-order valence-corrected chi connectivity index (χ0v) is 4.91. The molecule has 0 radical (unpaired) electrons. The summed E-state index contributed by atoms with van der Waals surface area (Å²) in [7, 11) is -0.747. The van der Waals surface area contributed by atoms with Crippen LogP contribution in [0.5, 0.6) is 0 Å². The van der Waals surface area contributed by atoms with Gasteiger partial charge in [0.15, 0.2) is 0 Å². The average Bonchev–Trinajstić information content (AvgIpc) is 1.69. The fourth-order valence-corrected chi connectivity index (χ4v) is 0.296. The molecule has 7 heavy (non-hydrogen) atoms. The molecule has 0 fully saturated rings. The monoisotopic (exact) mass is 134 g/mol. The van der Waals surface area contributed by atoms with Gasteiger partial charge in [-0.3, -0.25) is 0 Å². The van der Waals surface area contributed by atoms with E-state index in [9.17, 15) is 9.13 Å². The molecule has 0 aromatic rings. The Bertz CT molecular complexity index is 192. The summed E-state index contributed by atoms with van der Waals surface area (Å²) in [5, 5.41) is 0. The first-order valence-electron chi connectivity index (χ1n) is 1.22. The summed E-state index contributed by atoms with van der Waals surface area (Å²) >= 11 is 0. The van der Waals surface area contributed by atoms with Crippen molar-refractivity contribution in [1.82, 2.24) is 0 Å². The van der Waals surface area contributed by atoms with E-state index >= 15 is 0 Å². The van der Waals surface area contributed by atoms with Gasteiger partial charge in [0.05, 0.1) is 0 Å². The molecule has 0 saturated heterocycles. The third kappa shape index (κ3) is 5.98. The maximum absolute atomic E-state index is 9.40. The fourth-order valence-electron chi connectivity index (χ4n) is 0.0577. The summed E-state index contributed by atoms with van der Waals surface area (Å²) in [6.45, 7) is 0. The van der Waals surface area contributed by atoms with Crippen LogP contribution >= 0.6 is 15.8 Å². The zero-order chi connectivity index (χ0) is 5.54. The van der Waals surface area contributed by atoms with E-state index in [1.807, 2.05) is 11.6 Å². The van der Waals surface area contributed by atoms with Crippen molar-refractivity contribution in [2.75, 3.05) is 0 Å². The normalized spacial score (nSPS) is 5.71. The van der Waals surface area contributed by atoms with E-state index in [-0.39, 0.29) is 15.8 Å². The molecule has 0 heterocycles. The summed E-state index contributed by atoms with van der Waals surface area (Å²) in [6.07, 6.45) is 0. The van der Waals surface area contributed by atoms with Gasteiger partial charge in [0.25, 0.3) is 0 Å². The Morgan fingerprint density at radius 3 is 1.86 bits per heavy atom. The van der Waals surface area contributed by atoms with Gasteiger partial charge in [0.2, 0.25) is 0 Å². The van der Waals surface area contributed by atoms with Gasteiger partial charge in [0.1, 0.15) is 0 Å². The maximum atomic E-state index is 9.40. The van der Waals surface area contributed by atoms with Crippen LogP contribution in [0.25, 0.3) is 0 Å². The summed E-state index contributed by atoms with van der Waals surface area (Å²) in [6, 6.07) is 0. The van der Waals surface area contributed by atoms with Crippen LogP contribution in [0.3, 0.4) is 0 Å². The molecule has 5 heteroatoms. The first-order valence-corrected chi connectivity index (χ1v) is 2.85. The second kappa shape index (κ2) is 5.98. The SMILES string of the molecule is O=P#COC#P=O. The second-order valence-corrected chi connectivity index (χ2v) is 1.20. The Hall–Kier alpha value is -0.0200. The van der Waals surface area contributed by atoms with E-state index in [0.29, 0.717) is 0 Å². The van der Waals surface area contributed by atoms with Crippen molar-refractivity contribution in [1.29, 1.82) is 0 Å². The van der Waals surface area contributed by atoms with Crippen molar-refractivity contribution in [3.63, 3.8) is 0 Å². The van der Waals surface area contributed by atoms with Gasteiger partial charge in [-0.15, -0.1) is 0 Å². The molecule has 0 amide bonds. The molecule has 36 valence electrons. The van der Waals surface area contributed by atoms with Crippen molar-refractivity contribution >= 4 is 15.8 Å². The molecule has 0 rings (SSSR count). The summed E-state index contributed by atoms with van der Waals surface area (Å²) in [5.74, 6) is 3.70. The van der Waals surface area contributed by atoms with Gasteiger partial charge in [-0.05, 0) is 0 Å². The van der Waals surface area contributed by atoms with Crippen LogP contribution in [0, 0.1) is 11.6 Å². The number of ether oxygens (including phenoxy) is 1. The summed E-state index contributed by atoms with van der Waals surface area (Å²) in [4.78, 5) is 0. The molecular weight excluding hydrogens is 134 g/mol. The van der Waals surface area contributed by atoms with Crippen molar-refractivity contribution in [2.45, 2.75) is 0 Å². The minimum absolute atomic E-state index is 0.373. The quantitative estimate of drug-likeness (QED) is 0.470. The average molecular weight is 134 g/mol. The fraction of sp³-hybridized carbons (Fsp3) is 0.